The van der Waals surface area contributed by atoms with Crippen LogP contribution in [0.5, 0.6) is 0 Å². The Labute approximate surface area is 127 Å². The highest BCUT2D eigenvalue weighted by Crippen LogP contribution is 2.40. The molecule has 0 amide bonds. The largest absolute Gasteiger partial charge is 0.423 e. The zero-order valence-electron chi connectivity index (χ0n) is 11.7. The molecule has 0 aliphatic rings. The number of fused-ring (bicyclic) bond motifs is 1. The quantitative estimate of drug-likeness (QED) is 0.660. The molecule has 0 aliphatic carbocycles. The third-order valence-corrected chi connectivity index (χ3v) is 4.81. The first-order chi connectivity index (χ1) is 10.1. The van der Waals surface area contributed by atoms with Gasteiger partial charge in [-0.25, -0.2) is 0 Å². The fourth-order valence-corrected chi connectivity index (χ4v) is 2.55. The van der Waals surface area contributed by atoms with Gasteiger partial charge in [0.2, 0.25) is 0 Å². The van der Waals surface area contributed by atoms with Crippen molar-refractivity contribution >= 4 is 28.4 Å². The highest BCUT2D eigenvalue weighted by atomic mass is 32.2. The lowest BCUT2D eigenvalue weighted by Gasteiger charge is -2.23. The number of thioether (sulfide) groups is 1. The van der Waals surface area contributed by atoms with E-state index in [2.05, 4.69) is 4.98 Å². The third-order valence-electron chi connectivity index (χ3n) is 3.56. The fraction of sp³-hybridized carbons (Fsp3) is 0.385. The van der Waals surface area contributed by atoms with Crippen LogP contribution in [0, 0.1) is 10.1 Å². The molecule has 0 bridgehead atoms. The van der Waals surface area contributed by atoms with Crippen molar-refractivity contribution in [2.45, 2.75) is 17.8 Å². The minimum Gasteiger partial charge on any atom is -0.395 e. The first-order valence-electron chi connectivity index (χ1n) is 6.17. The Bertz CT molecular complexity index is 723. The normalized spacial score (nSPS) is 15.0. The number of hydrogen-bond acceptors (Lipinski definition) is 4. The van der Waals surface area contributed by atoms with E-state index in [-0.39, 0.29) is 12.1 Å². The van der Waals surface area contributed by atoms with Crippen molar-refractivity contribution in [3.63, 3.8) is 0 Å². The van der Waals surface area contributed by atoms with E-state index in [0.29, 0.717) is 11.1 Å². The summed E-state index contributed by atoms with van der Waals surface area (Å²) in [5.74, 6) is 0. The highest BCUT2D eigenvalue weighted by molar-refractivity contribution is 7.99. The van der Waals surface area contributed by atoms with Gasteiger partial charge in [0.05, 0.1) is 16.3 Å². The predicted octanol–water partition coefficient (Wildman–Crippen LogP) is 3.67. The molecular weight excluding hydrogens is 321 g/mol. The molecule has 22 heavy (non-hydrogen) atoms. The van der Waals surface area contributed by atoms with E-state index < -0.39 is 27.1 Å². The number of nitro benzene ring substituents is 1. The fourth-order valence-electron chi connectivity index (χ4n) is 2.09. The number of alkyl halides is 3. The van der Waals surface area contributed by atoms with Gasteiger partial charge in [-0.2, -0.15) is 24.9 Å². The zero-order chi connectivity index (χ0) is 16.7. The maximum absolute atomic E-state index is 12.9. The number of H-pyrrole nitrogens is 1. The molecule has 0 aliphatic heterocycles. The standard InChI is InChI=1S/C13H13F3N2O3S/c1-12(6-19,22-2)11-4-7-3-10(18(20)21)8(13(14,15)16)5-9(7)17-11/h3-5,17,19H,6H2,1-2H3. The lowest BCUT2D eigenvalue weighted by molar-refractivity contribution is -0.387. The van der Waals surface area contributed by atoms with Crippen molar-refractivity contribution in [3.05, 3.63) is 39.6 Å². The molecule has 0 saturated heterocycles. The summed E-state index contributed by atoms with van der Waals surface area (Å²) in [6, 6.07) is 3.15. The van der Waals surface area contributed by atoms with Gasteiger partial charge in [-0.1, -0.05) is 0 Å². The maximum Gasteiger partial charge on any atom is 0.423 e. The van der Waals surface area contributed by atoms with E-state index in [1.165, 1.54) is 17.8 Å². The molecule has 1 atom stereocenters. The zero-order valence-corrected chi connectivity index (χ0v) is 12.5. The Morgan fingerprint density at radius 2 is 2.00 bits per heavy atom. The molecule has 5 nitrogen and oxygen atoms in total. The number of nitrogens with zero attached hydrogens (tertiary/aromatic N) is 1. The van der Waals surface area contributed by atoms with E-state index in [1.807, 2.05) is 0 Å². The smallest absolute Gasteiger partial charge is 0.395 e. The van der Waals surface area contributed by atoms with Crippen molar-refractivity contribution in [3.8, 4) is 0 Å². The van der Waals surface area contributed by atoms with E-state index in [9.17, 15) is 28.4 Å². The monoisotopic (exact) mass is 334 g/mol. The number of rotatable bonds is 4. The summed E-state index contributed by atoms with van der Waals surface area (Å²) in [7, 11) is 0. The van der Waals surface area contributed by atoms with Crippen LogP contribution in [0.25, 0.3) is 10.9 Å². The minimum atomic E-state index is -4.82. The topological polar surface area (TPSA) is 79.2 Å². The van der Waals surface area contributed by atoms with Crippen molar-refractivity contribution in [1.82, 2.24) is 4.98 Å². The van der Waals surface area contributed by atoms with Crippen LogP contribution in [-0.4, -0.2) is 27.9 Å². The Hall–Kier alpha value is -1.74. The van der Waals surface area contributed by atoms with E-state index in [0.717, 1.165) is 12.1 Å². The third kappa shape index (κ3) is 2.78. The molecule has 1 aromatic heterocycles. The van der Waals surface area contributed by atoms with Crippen LogP contribution in [0.2, 0.25) is 0 Å². The number of hydrogen-bond donors (Lipinski definition) is 2. The molecule has 2 rings (SSSR count). The van der Waals surface area contributed by atoms with Gasteiger partial charge in [-0.3, -0.25) is 10.1 Å². The number of aromatic amines is 1. The average molecular weight is 334 g/mol. The van der Waals surface area contributed by atoms with Crippen LogP contribution in [0.3, 0.4) is 0 Å². The molecule has 1 heterocycles. The average Bonchev–Trinajstić information content (AvgIpc) is 2.87. The molecule has 2 N–H and O–H groups in total. The van der Waals surface area contributed by atoms with Crippen molar-refractivity contribution in [1.29, 1.82) is 0 Å². The van der Waals surface area contributed by atoms with Crippen LogP contribution in [0.1, 0.15) is 18.2 Å². The summed E-state index contributed by atoms with van der Waals surface area (Å²) in [4.78, 5) is 12.6. The second-order valence-corrected chi connectivity index (χ2v) is 6.30. The van der Waals surface area contributed by atoms with Crippen LogP contribution in [-0.2, 0) is 10.9 Å². The lowest BCUT2D eigenvalue weighted by Crippen LogP contribution is -2.22. The Balaban J connectivity index is 2.71. The maximum atomic E-state index is 12.9. The van der Waals surface area contributed by atoms with E-state index >= 15 is 0 Å². The van der Waals surface area contributed by atoms with Crippen LogP contribution >= 0.6 is 11.8 Å². The predicted molar refractivity (Wildman–Crippen MR) is 77.9 cm³/mol. The van der Waals surface area contributed by atoms with Gasteiger partial charge in [0.1, 0.15) is 5.56 Å². The first kappa shape index (κ1) is 16.6. The molecule has 0 fully saturated rings. The second-order valence-electron chi connectivity index (χ2n) is 4.99. The highest BCUT2D eigenvalue weighted by Gasteiger charge is 2.39. The number of aliphatic hydroxyl groups excluding tert-OH is 1. The van der Waals surface area contributed by atoms with Crippen LogP contribution in [0.15, 0.2) is 18.2 Å². The molecule has 9 heteroatoms. The number of aromatic nitrogens is 1. The van der Waals surface area contributed by atoms with Gasteiger partial charge in [0.15, 0.2) is 0 Å². The number of halogens is 3. The molecule has 1 aromatic carbocycles. The summed E-state index contributed by atoms with van der Waals surface area (Å²) < 4.78 is 38.1. The molecule has 0 radical (unpaired) electrons. The van der Waals surface area contributed by atoms with Crippen LogP contribution < -0.4 is 0 Å². The Morgan fingerprint density at radius 1 is 1.36 bits per heavy atom. The summed E-state index contributed by atoms with van der Waals surface area (Å²) in [6.45, 7) is 1.50. The molecule has 2 aromatic rings. The van der Waals surface area contributed by atoms with Crippen molar-refractivity contribution < 1.29 is 23.2 Å². The number of nitro groups is 1. The summed E-state index contributed by atoms with van der Waals surface area (Å²) in [5, 5.41) is 20.6. The van der Waals surface area contributed by atoms with Gasteiger partial charge < -0.3 is 10.1 Å². The minimum absolute atomic E-state index is 0.140. The van der Waals surface area contributed by atoms with Gasteiger partial charge in [0, 0.05) is 22.7 Å². The molecule has 120 valence electrons. The van der Waals surface area contributed by atoms with E-state index in [4.69, 9.17) is 0 Å². The van der Waals surface area contributed by atoms with Gasteiger partial charge in [0.25, 0.3) is 5.69 Å². The first-order valence-corrected chi connectivity index (χ1v) is 7.39. The second kappa shape index (κ2) is 5.47. The van der Waals surface area contributed by atoms with Crippen LogP contribution in [0.4, 0.5) is 18.9 Å². The molecule has 0 spiro atoms. The van der Waals surface area contributed by atoms with Gasteiger partial charge in [-0.15, -0.1) is 0 Å². The molecule has 1 unspecified atom stereocenters. The molecular formula is C13H13F3N2O3S. The number of benzene rings is 1. The van der Waals surface area contributed by atoms with Crippen molar-refractivity contribution in [2.75, 3.05) is 12.9 Å². The molecule has 0 saturated carbocycles. The summed E-state index contributed by atoms with van der Waals surface area (Å²) in [6.07, 6.45) is -3.06. The lowest BCUT2D eigenvalue weighted by atomic mass is 10.1. The van der Waals surface area contributed by atoms with Gasteiger partial charge >= 0.3 is 6.18 Å². The van der Waals surface area contributed by atoms with E-state index in [1.54, 1.807) is 13.2 Å². The summed E-state index contributed by atoms with van der Waals surface area (Å²) in [5.41, 5.74) is -1.64. The Morgan fingerprint density at radius 3 is 2.45 bits per heavy atom. The van der Waals surface area contributed by atoms with Gasteiger partial charge in [-0.05, 0) is 25.3 Å². The summed E-state index contributed by atoms with van der Waals surface area (Å²) >= 11 is 1.32. The number of aliphatic hydroxyl groups is 1. The SMILES string of the molecule is CSC(C)(CO)c1cc2cc([N+](=O)[O-])c(C(F)(F)F)cc2[nH]1. The van der Waals surface area contributed by atoms with Crippen molar-refractivity contribution in [2.24, 2.45) is 0 Å². The Kier molecular flexibility index (Phi) is 4.14. The number of nitrogens with one attached hydrogen (secondary N) is 1.